The SMILES string of the molecule is O=C(C1CC(F)(F)CN1)N1CC2CCCCC2C1. The maximum absolute atomic E-state index is 13.1. The summed E-state index contributed by atoms with van der Waals surface area (Å²) >= 11 is 0. The van der Waals surface area contributed by atoms with Gasteiger partial charge in [0.15, 0.2) is 0 Å². The van der Waals surface area contributed by atoms with E-state index in [2.05, 4.69) is 5.32 Å². The standard InChI is InChI=1S/C13H20F2N2O/c14-13(15)5-11(16-8-13)12(18)17-6-9-3-1-2-4-10(9)7-17/h9-11,16H,1-8H2. The molecule has 18 heavy (non-hydrogen) atoms. The van der Waals surface area contributed by atoms with Crippen molar-refractivity contribution in [3.05, 3.63) is 0 Å². The fourth-order valence-corrected chi connectivity index (χ4v) is 3.70. The summed E-state index contributed by atoms with van der Waals surface area (Å²) in [6, 6.07) is -0.667. The summed E-state index contributed by atoms with van der Waals surface area (Å²) in [5.74, 6) is -1.59. The summed E-state index contributed by atoms with van der Waals surface area (Å²) in [6.45, 7) is 1.21. The Balaban J connectivity index is 1.61. The van der Waals surface area contributed by atoms with Crippen molar-refractivity contribution in [2.24, 2.45) is 11.8 Å². The maximum atomic E-state index is 13.1. The molecule has 2 heterocycles. The highest BCUT2D eigenvalue weighted by atomic mass is 19.3. The molecule has 3 atom stereocenters. The number of carbonyl (C=O) groups excluding carboxylic acids is 1. The molecule has 0 radical (unpaired) electrons. The average molecular weight is 258 g/mol. The van der Waals surface area contributed by atoms with Gasteiger partial charge in [-0.05, 0) is 24.7 Å². The number of amides is 1. The molecular formula is C13H20F2N2O. The maximum Gasteiger partial charge on any atom is 0.262 e. The first-order chi connectivity index (χ1) is 8.55. The summed E-state index contributed by atoms with van der Waals surface area (Å²) in [4.78, 5) is 14.0. The number of alkyl halides is 2. The minimum absolute atomic E-state index is 0.110. The minimum Gasteiger partial charge on any atom is -0.341 e. The van der Waals surface area contributed by atoms with Gasteiger partial charge in [0, 0.05) is 19.5 Å². The van der Waals surface area contributed by atoms with Gasteiger partial charge in [0.2, 0.25) is 5.91 Å². The van der Waals surface area contributed by atoms with Crippen molar-refractivity contribution in [1.29, 1.82) is 0 Å². The third-order valence-corrected chi connectivity index (χ3v) is 4.70. The van der Waals surface area contributed by atoms with E-state index < -0.39 is 12.0 Å². The number of halogens is 2. The lowest BCUT2D eigenvalue weighted by Crippen LogP contribution is -2.42. The summed E-state index contributed by atoms with van der Waals surface area (Å²) in [6.07, 6.45) is 4.56. The lowest BCUT2D eigenvalue weighted by molar-refractivity contribution is -0.132. The van der Waals surface area contributed by atoms with Gasteiger partial charge in [-0.15, -0.1) is 0 Å². The Hall–Kier alpha value is -0.710. The molecule has 0 aromatic carbocycles. The fraction of sp³-hybridized carbons (Fsp3) is 0.923. The highest BCUT2D eigenvalue weighted by Gasteiger charge is 2.45. The third kappa shape index (κ3) is 2.25. The normalized spacial score (nSPS) is 38.8. The number of hydrogen-bond acceptors (Lipinski definition) is 2. The van der Waals surface area contributed by atoms with E-state index in [1.807, 2.05) is 4.90 Å². The topological polar surface area (TPSA) is 32.3 Å². The predicted molar refractivity (Wildman–Crippen MR) is 63.4 cm³/mol. The number of likely N-dealkylation sites (tertiary alicyclic amines) is 1. The molecule has 3 nitrogen and oxygen atoms in total. The molecule has 3 rings (SSSR count). The van der Waals surface area contributed by atoms with Crippen molar-refractivity contribution in [2.75, 3.05) is 19.6 Å². The highest BCUT2D eigenvalue weighted by molar-refractivity contribution is 5.82. The van der Waals surface area contributed by atoms with E-state index in [4.69, 9.17) is 0 Å². The average Bonchev–Trinajstić information content (AvgIpc) is 2.91. The van der Waals surface area contributed by atoms with Crippen molar-refractivity contribution in [3.8, 4) is 0 Å². The van der Waals surface area contributed by atoms with E-state index in [0.29, 0.717) is 11.8 Å². The number of hydrogen-bond donors (Lipinski definition) is 1. The van der Waals surface area contributed by atoms with E-state index >= 15 is 0 Å². The Labute approximate surface area is 106 Å². The second kappa shape index (κ2) is 4.44. The van der Waals surface area contributed by atoms with Crippen molar-refractivity contribution < 1.29 is 13.6 Å². The predicted octanol–water partition coefficient (Wildman–Crippen LogP) is 1.63. The van der Waals surface area contributed by atoms with Crippen LogP contribution in [-0.4, -0.2) is 42.4 Å². The molecule has 0 bridgehead atoms. The van der Waals surface area contributed by atoms with Gasteiger partial charge in [-0.3, -0.25) is 10.1 Å². The summed E-state index contributed by atoms with van der Waals surface area (Å²) < 4.78 is 26.2. The smallest absolute Gasteiger partial charge is 0.262 e. The fourth-order valence-electron chi connectivity index (χ4n) is 3.70. The first-order valence-electron chi connectivity index (χ1n) is 6.95. The summed E-state index contributed by atoms with van der Waals surface area (Å²) in [5, 5.41) is 2.66. The van der Waals surface area contributed by atoms with Gasteiger partial charge in [-0.2, -0.15) is 0 Å². The van der Waals surface area contributed by atoms with Gasteiger partial charge < -0.3 is 4.90 Å². The third-order valence-electron chi connectivity index (χ3n) is 4.70. The van der Waals surface area contributed by atoms with Crippen LogP contribution in [-0.2, 0) is 4.79 Å². The molecule has 2 aliphatic heterocycles. The lowest BCUT2D eigenvalue weighted by atomic mass is 9.82. The molecule has 2 saturated heterocycles. The van der Waals surface area contributed by atoms with E-state index in [0.717, 1.165) is 13.1 Å². The molecule has 3 aliphatic rings. The summed E-state index contributed by atoms with van der Waals surface area (Å²) in [5.41, 5.74) is 0. The first kappa shape index (κ1) is 12.3. The molecule has 3 fully saturated rings. The van der Waals surface area contributed by atoms with Gasteiger partial charge in [0.25, 0.3) is 5.92 Å². The van der Waals surface area contributed by atoms with Crippen LogP contribution in [0.4, 0.5) is 8.78 Å². The van der Waals surface area contributed by atoms with Crippen molar-refractivity contribution >= 4 is 5.91 Å². The molecular weight excluding hydrogens is 238 g/mol. The molecule has 1 aliphatic carbocycles. The van der Waals surface area contributed by atoms with E-state index in [1.54, 1.807) is 0 Å². The van der Waals surface area contributed by atoms with Crippen LogP contribution in [0.2, 0.25) is 0 Å². The number of nitrogens with one attached hydrogen (secondary N) is 1. The Morgan fingerprint density at radius 3 is 2.28 bits per heavy atom. The number of rotatable bonds is 1. The van der Waals surface area contributed by atoms with Gasteiger partial charge in [-0.25, -0.2) is 8.78 Å². The van der Waals surface area contributed by atoms with Gasteiger partial charge in [0.05, 0.1) is 12.6 Å². The van der Waals surface area contributed by atoms with Crippen LogP contribution in [0, 0.1) is 11.8 Å². The van der Waals surface area contributed by atoms with Crippen LogP contribution in [0.25, 0.3) is 0 Å². The number of carbonyl (C=O) groups is 1. The van der Waals surface area contributed by atoms with Gasteiger partial charge >= 0.3 is 0 Å². The van der Waals surface area contributed by atoms with Crippen LogP contribution in [0.1, 0.15) is 32.1 Å². The van der Waals surface area contributed by atoms with Crippen molar-refractivity contribution in [3.63, 3.8) is 0 Å². The zero-order valence-electron chi connectivity index (χ0n) is 10.5. The monoisotopic (exact) mass is 258 g/mol. The molecule has 0 aromatic rings. The molecule has 1 amide bonds. The molecule has 0 aromatic heterocycles. The Bertz CT molecular complexity index is 334. The van der Waals surface area contributed by atoms with E-state index in [9.17, 15) is 13.6 Å². The first-order valence-corrected chi connectivity index (χ1v) is 6.95. The Morgan fingerprint density at radius 1 is 1.17 bits per heavy atom. The number of nitrogens with zero attached hydrogens (tertiary/aromatic N) is 1. The molecule has 3 unspecified atom stereocenters. The zero-order valence-corrected chi connectivity index (χ0v) is 10.5. The number of fused-ring (bicyclic) bond motifs is 1. The molecule has 0 spiro atoms. The van der Waals surface area contributed by atoms with Crippen LogP contribution >= 0.6 is 0 Å². The Morgan fingerprint density at radius 2 is 1.78 bits per heavy atom. The second-order valence-corrected chi connectivity index (χ2v) is 6.04. The Kier molecular flexibility index (Phi) is 3.04. The van der Waals surface area contributed by atoms with Crippen LogP contribution < -0.4 is 5.32 Å². The largest absolute Gasteiger partial charge is 0.341 e. The van der Waals surface area contributed by atoms with Crippen LogP contribution in [0.15, 0.2) is 0 Å². The van der Waals surface area contributed by atoms with Gasteiger partial charge in [0.1, 0.15) is 0 Å². The van der Waals surface area contributed by atoms with Crippen LogP contribution in [0.5, 0.6) is 0 Å². The molecule has 1 saturated carbocycles. The highest BCUT2D eigenvalue weighted by Crippen LogP contribution is 2.37. The summed E-state index contributed by atoms with van der Waals surface area (Å²) in [7, 11) is 0. The van der Waals surface area contributed by atoms with Crippen molar-refractivity contribution in [2.45, 2.75) is 44.1 Å². The lowest BCUT2D eigenvalue weighted by Gasteiger charge is -2.22. The molecule has 1 N–H and O–H groups in total. The zero-order chi connectivity index (χ0) is 12.8. The second-order valence-electron chi connectivity index (χ2n) is 6.04. The van der Waals surface area contributed by atoms with Crippen molar-refractivity contribution in [1.82, 2.24) is 10.2 Å². The van der Waals surface area contributed by atoms with E-state index in [-0.39, 0.29) is 18.9 Å². The molecule has 102 valence electrons. The minimum atomic E-state index is -2.72. The molecule has 5 heteroatoms. The van der Waals surface area contributed by atoms with Crippen LogP contribution in [0.3, 0.4) is 0 Å². The van der Waals surface area contributed by atoms with E-state index in [1.165, 1.54) is 25.7 Å². The van der Waals surface area contributed by atoms with Gasteiger partial charge in [-0.1, -0.05) is 12.8 Å². The quantitative estimate of drug-likeness (QED) is 0.775.